The van der Waals surface area contributed by atoms with Crippen LogP contribution in [0.15, 0.2) is 12.3 Å². The van der Waals surface area contributed by atoms with Crippen molar-refractivity contribution in [1.29, 1.82) is 0 Å². The first kappa shape index (κ1) is 22.7. The van der Waals surface area contributed by atoms with Crippen molar-refractivity contribution >= 4 is 5.91 Å². The highest BCUT2D eigenvalue weighted by atomic mass is 19.4. The first-order valence-corrected chi connectivity index (χ1v) is 12.6. The van der Waals surface area contributed by atoms with Crippen molar-refractivity contribution in [2.24, 2.45) is 17.3 Å². The summed E-state index contributed by atoms with van der Waals surface area (Å²) in [4.78, 5) is 22.3. The fourth-order valence-electron chi connectivity index (χ4n) is 7.31. The highest BCUT2D eigenvalue weighted by Gasteiger charge is 2.61. The molecular weight excluding hydrogens is 447 g/mol. The van der Waals surface area contributed by atoms with Crippen molar-refractivity contribution in [3.8, 4) is 0 Å². The SMILES string of the molecule is CC1OC(C2CCCN([C@H]3CC[C@@]4(C3)C(=O)N3Cc5cc(C(F)(F)F)cnc5CC3C4C)C2)O1. The third kappa shape index (κ3) is 3.49. The smallest absolute Gasteiger partial charge is 0.334 e. The van der Waals surface area contributed by atoms with Crippen molar-refractivity contribution < 1.29 is 27.4 Å². The van der Waals surface area contributed by atoms with Crippen LogP contribution >= 0.6 is 0 Å². The number of pyridine rings is 1. The van der Waals surface area contributed by atoms with Crippen LogP contribution in [0.3, 0.4) is 0 Å². The number of alkyl halides is 3. The third-order valence-electron chi connectivity index (χ3n) is 9.23. The summed E-state index contributed by atoms with van der Waals surface area (Å²) in [5.74, 6) is 0.651. The van der Waals surface area contributed by atoms with Gasteiger partial charge in [0.1, 0.15) is 0 Å². The second kappa shape index (κ2) is 7.90. The van der Waals surface area contributed by atoms with Crippen LogP contribution in [-0.2, 0) is 33.4 Å². The van der Waals surface area contributed by atoms with E-state index in [4.69, 9.17) is 9.47 Å². The van der Waals surface area contributed by atoms with Crippen LogP contribution in [0.1, 0.15) is 62.8 Å². The molecule has 5 aliphatic rings. The van der Waals surface area contributed by atoms with E-state index < -0.39 is 17.2 Å². The summed E-state index contributed by atoms with van der Waals surface area (Å²) in [5.41, 5.74) is 0.0734. The number of hydrogen-bond donors (Lipinski definition) is 0. The third-order valence-corrected chi connectivity index (χ3v) is 9.23. The molecule has 1 spiro atoms. The number of rotatable bonds is 2. The summed E-state index contributed by atoms with van der Waals surface area (Å²) in [5, 5.41) is 0. The highest BCUT2D eigenvalue weighted by Crippen LogP contribution is 2.55. The van der Waals surface area contributed by atoms with Gasteiger partial charge < -0.3 is 14.4 Å². The maximum Gasteiger partial charge on any atom is 0.417 e. The fraction of sp³-hybridized carbons (Fsp3) is 0.760. The molecule has 1 saturated carbocycles. The van der Waals surface area contributed by atoms with Crippen LogP contribution in [0.5, 0.6) is 0 Å². The van der Waals surface area contributed by atoms with Crippen molar-refractivity contribution in [2.75, 3.05) is 13.1 Å². The predicted octanol–water partition coefficient (Wildman–Crippen LogP) is 3.97. The van der Waals surface area contributed by atoms with Crippen LogP contribution in [0.2, 0.25) is 0 Å². The lowest BCUT2D eigenvalue weighted by Gasteiger charge is -2.44. The first-order valence-electron chi connectivity index (χ1n) is 12.6. The van der Waals surface area contributed by atoms with Gasteiger partial charge in [-0.15, -0.1) is 0 Å². The van der Waals surface area contributed by atoms with Crippen LogP contribution in [-0.4, -0.2) is 58.4 Å². The maximum atomic E-state index is 13.8. The molecule has 0 bridgehead atoms. The van der Waals surface area contributed by atoms with E-state index >= 15 is 0 Å². The largest absolute Gasteiger partial charge is 0.417 e. The number of likely N-dealkylation sites (tertiary alicyclic amines) is 1. The Morgan fingerprint density at radius 2 is 2.00 bits per heavy atom. The number of carbonyl (C=O) groups is 1. The van der Waals surface area contributed by atoms with E-state index in [1.54, 1.807) is 0 Å². The normalized spacial score (nSPS) is 40.4. The van der Waals surface area contributed by atoms with Crippen LogP contribution in [0.4, 0.5) is 13.2 Å². The number of aromatic nitrogens is 1. The van der Waals surface area contributed by atoms with E-state index in [9.17, 15) is 18.0 Å². The lowest BCUT2D eigenvalue weighted by Crippen LogP contribution is -2.51. The maximum absolute atomic E-state index is 13.8. The molecule has 1 amide bonds. The number of carbonyl (C=O) groups excluding carboxylic acids is 1. The molecule has 0 N–H and O–H groups in total. The van der Waals surface area contributed by atoms with Gasteiger partial charge in [-0.2, -0.15) is 13.2 Å². The Bertz CT molecular complexity index is 982. The number of ether oxygens (including phenoxy) is 2. The standard InChI is InChI=1S/C25H32F3N3O3/c1-14-21-9-20-17(8-18(11-29-20)25(26,27)28)13-31(21)23(32)24(14)6-5-19(10-24)30-7-3-4-16(12-30)22-33-15(2)34-22/h8,11,14-16,19,21-22H,3-7,9-10,12-13H2,1-2H3/t14?,15?,16?,19-,21?,22?,24-/m0/s1. The minimum absolute atomic E-state index is 0.00959. The molecule has 186 valence electrons. The molecule has 1 aromatic rings. The average Bonchev–Trinajstić information content (AvgIpc) is 3.32. The molecule has 4 aliphatic heterocycles. The zero-order valence-electron chi connectivity index (χ0n) is 19.7. The van der Waals surface area contributed by atoms with Crippen molar-refractivity contribution in [1.82, 2.24) is 14.8 Å². The summed E-state index contributed by atoms with van der Waals surface area (Å²) >= 11 is 0. The second-order valence-corrected chi connectivity index (χ2v) is 11.0. The minimum atomic E-state index is -4.43. The Hall–Kier alpha value is -1.71. The summed E-state index contributed by atoms with van der Waals surface area (Å²) in [6, 6.07) is 1.54. The molecular formula is C25H32F3N3O3. The van der Waals surface area contributed by atoms with Crippen LogP contribution in [0, 0.1) is 17.3 Å². The van der Waals surface area contributed by atoms with Crippen molar-refractivity contribution in [2.45, 2.75) is 89.8 Å². The molecule has 5 atom stereocenters. The molecule has 34 heavy (non-hydrogen) atoms. The average molecular weight is 480 g/mol. The Kier molecular flexibility index (Phi) is 5.28. The van der Waals surface area contributed by atoms with E-state index in [1.165, 1.54) is 6.07 Å². The number of halogens is 3. The fourth-order valence-corrected chi connectivity index (χ4v) is 7.31. The molecule has 6 nitrogen and oxygen atoms in total. The zero-order valence-corrected chi connectivity index (χ0v) is 19.7. The van der Waals surface area contributed by atoms with E-state index in [1.807, 2.05) is 11.8 Å². The van der Waals surface area contributed by atoms with Gasteiger partial charge in [0.2, 0.25) is 5.91 Å². The summed E-state index contributed by atoms with van der Waals surface area (Å²) in [6.07, 6.45) is 1.67. The molecule has 1 aliphatic carbocycles. The van der Waals surface area contributed by atoms with Gasteiger partial charge in [-0.1, -0.05) is 6.92 Å². The number of amides is 1. The quantitative estimate of drug-likeness (QED) is 0.643. The summed E-state index contributed by atoms with van der Waals surface area (Å²) in [6.45, 7) is 6.27. The summed E-state index contributed by atoms with van der Waals surface area (Å²) < 4.78 is 51.1. The minimum Gasteiger partial charge on any atom is -0.334 e. The number of hydrogen-bond acceptors (Lipinski definition) is 5. The van der Waals surface area contributed by atoms with Gasteiger partial charge >= 0.3 is 6.18 Å². The number of fused-ring (bicyclic) bond motifs is 2. The second-order valence-electron chi connectivity index (χ2n) is 11.0. The molecule has 0 aromatic carbocycles. The molecule has 1 aromatic heterocycles. The van der Waals surface area contributed by atoms with Gasteiger partial charge in [0, 0.05) is 49.4 Å². The molecule has 9 heteroatoms. The first-order chi connectivity index (χ1) is 16.2. The van der Waals surface area contributed by atoms with Gasteiger partial charge in [0.05, 0.1) is 11.0 Å². The lowest BCUT2D eigenvalue weighted by molar-refractivity contribution is -0.394. The molecule has 4 fully saturated rings. The Morgan fingerprint density at radius 3 is 2.74 bits per heavy atom. The molecule has 3 unspecified atom stereocenters. The molecule has 6 rings (SSSR count). The Labute approximate surface area is 197 Å². The van der Waals surface area contributed by atoms with Crippen molar-refractivity contribution in [3.05, 3.63) is 29.1 Å². The van der Waals surface area contributed by atoms with E-state index in [-0.39, 0.29) is 37.0 Å². The summed E-state index contributed by atoms with van der Waals surface area (Å²) in [7, 11) is 0. The van der Waals surface area contributed by atoms with Gasteiger partial charge in [-0.3, -0.25) is 14.7 Å². The Morgan fingerprint density at radius 1 is 1.21 bits per heavy atom. The molecule has 3 saturated heterocycles. The van der Waals surface area contributed by atoms with Gasteiger partial charge in [-0.05, 0) is 63.1 Å². The van der Waals surface area contributed by atoms with Gasteiger partial charge in [0.15, 0.2) is 12.6 Å². The van der Waals surface area contributed by atoms with Gasteiger partial charge in [-0.25, -0.2) is 0 Å². The topological polar surface area (TPSA) is 54.9 Å². The predicted molar refractivity (Wildman–Crippen MR) is 116 cm³/mol. The highest BCUT2D eigenvalue weighted by molar-refractivity contribution is 5.87. The molecule has 5 heterocycles. The van der Waals surface area contributed by atoms with Crippen molar-refractivity contribution in [3.63, 3.8) is 0 Å². The van der Waals surface area contributed by atoms with E-state index in [2.05, 4.69) is 16.8 Å². The zero-order chi connectivity index (χ0) is 23.8. The van der Waals surface area contributed by atoms with Crippen LogP contribution < -0.4 is 0 Å². The monoisotopic (exact) mass is 479 g/mol. The number of piperidine rings is 1. The van der Waals surface area contributed by atoms with Crippen LogP contribution in [0.25, 0.3) is 0 Å². The van der Waals surface area contributed by atoms with Gasteiger partial charge in [0.25, 0.3) is 0 Å². The Balaban J connectivity index is 1.18. The number of nitrogens with zero attached hydrogens (tertiary/aromatic N) is 3. The van der Waals surface area contributed by atoms with E-state index in [0.717, 1.165) is 51.4 Å². The lowest BCUT2D eigenvalue weighted by atomic mass is 9.73. The van der Waals surface area contributed by atoms with E-state index in [0.29, 0.717) is 29.6 Å². The molecule has 0 radical (unpaired) electrons.